The number of aliphatic carboxylic acids is 1. The Hall–Kier alpha value is -2.39. The van der Waals surface area contributed by atoms with Gasteiger partial charge in [-0.25, -0.2) is 0 Å². The zero-order valence-corrected chi connectivity index (χ0v) is 16.1. The molecule has 0 aliphatic rings. The lowest BCUT2D eigenvalue weighted by Crippen LogP contribution is -2.31. The maximum atomic E-state index is 12.2. The number of carboxylic acids is 1. The average Bonchev–Trinajstić information content (AvgIpc) is 2.69. The Morgan fingerprint density at radius 1 is 1.00 bits per heavy atom. The van der Waals surface area contributed by atoms with Gasteiger partial charge in [-0.1, -0.05) is 99.0 Å². The summed E-state index contributed by atoms with van der Waals surface area (Å²) in [4.78, 5) is 12.2. The van der Waals surface area contributed by atoms with Gasteiger partial charge in [0.25, 0.3) is 0 Å². The lowest BCUT2D eigenvalue weighted by Gasteiger charge is -2.26. The minimum Gasteiger partial charge on any atom is -0.481 e. The third-order valence-electron chi connectivity index (χ3n) is 4.78. The number of hydrogen-bond donors (Lipinski definition) is 1. The molecule has 0 saturated heterocycles. The molecule has 0 fully saturated rings. The van der Waals surface area contributed by atoms with Crippen LogP contribution < -0.4 is 0 Å². The molecule has 0 aliphatic heterocycles. The summed E-state index contributed by atoms with van der Waals surface area (Å²) in [7, 11) is 0. The van der Waals surface area contributed by atoms with E-state index >= 15 is 0 Å². The van der Waals surface area contributed by atoms with Crippen LogP contribution in [0.15, 0.2) is 72.8 Å². The maximum absolute atomic E-state index is 12.2. The topological polar surface area (TPSA) is 46.5 Å². The van der Waals surface area contributed by atoms with Crippen molar-refractivity contribution in [1.29, 1.82) is 0 Å². The van der Waals surface area contributed by atoms with Gasteiger partial charge in [0, 0.05) is 0 Å². The van der Waals surface area contributed by atoms with Crippen LogP contribution in [0, 0.1) is 5.41 Å². The average molecular weight is 367 g/mol. The van der Waals surface area contributed by atoms with Gasteiger partial charge in [0.1, 0.15) is 0 Å². The lowest BCUT2D eigenvalue weighted by molar-refractivity contribution is -0.146. The summed E-state index contributed by atoms with van der Waals surface area (Å²) in [5, 5.41) is 10.0. The van der Waals surface area contributed by atoms with E-state index in [0.717, 1.165) is 30.4 Å². The van der Waals surface area contributed by atoms with Crippen molar-refractivity contribution in [1.82, 2.24) is 0 Å². The van der Waals surface area contributed by atoms with E-state index in [2.05, 4.69) is 6.92 Å². The van der Waals surface area contributed by atoms with Gasteiger partial charge in [-0.2, -0.15) is 0 Å². The fourth-order valence-corrected chi connectivity index (χ4v) is 3.23. The van der Waals surface area contributed by atoms with Crippen LogP contribution in [0.2, 0.25) is 0 Å². The van der Waals surface area contributed by atoms with Crippen molar-refractivity contribution in [3.8, 4) is 0 Å². The molecule has 0 aromatic heterocycles. The molecule has 27 heavy (non-hydrogen) atoms. The van der Waals surface area contributed by atoms with Crippen molar-refractivity contribution in [2.24, 2.45) is 5.41 Å². The van der Waals surface area contributed by atoms with Gasteiger partial charge in [-0.3, -0.25) is 4.79 Å². The monoisotopic (exact) mass is 366 g/mol. The number of unbranched alkanes of at least 4 members (excludes halogenated alkanes) is 2. The van der Waals surface area contributed by atoms with Crippen LogP contribution in [0.25, 0.3) is 0 Å². The van der Waals surface area contributed by atoms with Gasteiger partial charge in [-0.15, -0.1) is 0 Å². The largest absolute Gasteiger partial charge is 0.481 e. The first-order valence-electron chi connectivity index (χ1n) is 9.73. The van der Waals surface area contributed by atoms with Gasteiger partial charge < -0.3 is 9.84 Å². The highest BCUT2D eigenvalue weighted by atomic mass is 16.5. The van der Waals surface area contributed by atoms with Crippen LogP contribution in [-0.4, -0.2) is 17.7 Å². The van der Waals surface area contributed by atoms with E-state index in [1.54, 1.807) is 0 Å². The van der Waals surface area contributed by atoms with E-state index in [1.165, 1.54) is 0 Å². The second kappa shape index (κ2) is 11.3. The second-order valence-corrected chi connectivity index (χ2v) is 6.98. The van der Waals surface area contributed by atoms with Crippen molar-refractivity contribution < 1.29 is 14.6 Å². The van der Waals surface area contributed by atoms with Gasteiger partial charge in [-0.05, 0) is 24.0 Å². The molecule has 0 unspecified atom stereocenters. The highest BCUT2D eigenvalue weighted by molar-refractivity contribution is 5.77. The van der Waals surface area contributed by atoms with E-state index in [0.29, 0.717) is 26.1 Å². The van der Waals surface area contributed by atoms with Crippen LogP contribution in [0.4, 0.5) is 0 Å². The van der Waals surface area contributed by atoms with Gasteiger partial charge in [0.15, 0.2) is 0 Å². The Morgan fingerprint density at radius 2 is 1.63 bits per heavy atom. The van der Waals surface area contributed by atoms with Crippen LogP contribution in [0.3, 0.4) is 0 Å². The molecular weight excluding hydrogens is 336 g/mol. The molecule has 2 aromatic rings. The Kier molecular flexibility index (Phi) is 8.79. The molecule has 0 amide bonds. The highest BCUT2D eigenvalue weighted by Gasteiger charge is 2.35. The Labute approximate surface area is 162 Å². The van der Waals surface area contributed by atoms with Crippen LogP contribution in [-0.2, 0) is 22.6 Å². The molecule has 1 N–H and O–H groups in total. The quantitative estimate of drug-likeness (QED) is 0.390. The van der Waals surface area contributed by atoms with Gasteiger partial charge >= 0.3 is 5.97 Å². The minimum atomic E-state index is -0.882. The molecule has 3 heteroatoms. The standard InChI is InChI=1S/C24H30O3/c1-2-3-10-16-24(23(25)26,19-21-12-6-4-7-13-21)17-11-18-27-20-22-14-8-5-9-15-22/h4-9,11-15,17H,2-3,10,16,18-20H2,1H3,(H,25,26)/b17-11-/t24-/m1/s1. The molecule has 0 radical (unpaired) electrons. The first-order chi connectivity index (χ1) is 13.2. The summed E-state index contributed by atoms with van der Waals surface area (Å²) in [6.07, 6.45) is 7.88. The first-order valence-corrected chi connectivity index (χ1v) is 9.73. The first kappa shape index (κ1) is 20.9. The fraction of sp³-hybridized carbons (Fsp3) is 0.375. The smallest absolute Gasteiger partial charge is 0.313 e. The molecule has 2 rings (SSSR count). The Morgan fingerprint density at radius 3 is 2.22 bits per heavy atom. The molecule has 3 nitrogen and oxygen atoms in total. The fourth-order valence-electron chi connectivity index (χ4n) is 3.23. The Balaban J connectivity index is 2.03. The molecule has 0 heterocycles. The summed E-state index contributed by atoms with van der Waals surface area (Å²) >= 11 is 0. The summed E-state index contributed by atoms with van der Waals surface area (Å²) < 4.78 is 5.69. The molecule has 0 bridgehead atoms. The van der Waals surface area contributed by atoms with Crippen molar-refractivity contribution in [2.75, 3.05) is 6.61 Å². The lowest BCUT2D eigenvalue weighted by atomic mass is 9.77. The molecule has 0 saturated carbocycles. The molecule has 0 spiro atoms. The number of benzene rings is 2. The van der Waals surface area contributed by atoms with Crippen molar-refractivity contribution in [2.45, 2.75) is 45.6 Å². The molecule has 2 aromatic carbocycles. The van der Waals surface area contributed by atoms with Gasteiger partial charge in [0.05, 0.1) is 18.6 Å². The van der Waals surface area contributed by atoms with Crippen molar-refractivity contribution >= 4 is 5.97 Å². The summed E-state index contributed by atoms with van der Waals surface area (Å²) in [5.74, 6) is -0.762. The van der Waals surface area contributed by atoms with Crippen LogP contribution >= 0.6 is 0 Å². The summed E-state index contributed by atoms with van der Waals surface area (Å²) in [6, 6.07) is 19.8. The minimum absolute atomic E-state index is 0.409. The van der Waals surface area contributed by atoms with E-state index in [-0.39, 0.29) is 0 Å². The van der Waals surface area contributed by atoms with E-state index in [9.17, 15) is 9.90 Å². The number of carboxylic acid groups (broad SMARTS) is 1. The maximum Gasteiger partial charge on any atom is 0.313 e. The summed E-state index contributed by atoms with van der Waals surface area (Å²) in [6.45, 7) is 3.07. The van der Waals surface area contributed by atoms with Gasteiger partial charge in [0.2, 0.25) is 0 Å². The molecule has 0 aliphatic carbocycles. The normalized spacial score (nSPS) is 13.5. The predicted octanol–water partition coefficient (Wildman–Crippen LogP) is 5.65. The van der Waals surface area contributed by atoms with Crippen LogP contribution in [0.1, 0.15) is 43.7 Å². The second-order valence-electron chi connectivity index (χ2n) is 6.98. The molecule has 1 atom stereocenters. The molecular formula is C24H30O3. The molecule has 144 valence electrons. The zero-order valence-electron chi connectivity index (χ0n) is 16.1. The Bertz CT molecular complexity index is 694. The SMILES string of the molecule is CCCCC[C@@](/C=C\COCc1ccccc1)(Cc1ccccc1)C(=O)O. The van der Waals surface area contributed by atoms with E-state index in [1.807, 2.05) is 72.8 Å². The van der Waals surface area contributed by atoms with E-state index < -0.39 is 11.4 Å². The number of hydrogen-bond acceptors (Lipinski definition) is 2. The van der Waals surface area contributed by atoms with Crippen molar-refractivity contribution in [3.05, 3.63) is 83.9 Å². The number of ether oxygens (including phenoxy) is 1. The number of carbonyl (C=O) groups is 1. The van der Waals surface area contributed by atoms with Crippen LogP contribution in [0.5, 0.6) is 0 Å². The third-order valence-corrected chi connectivity index (χ3v) is 4.78. The summed E-state index contributed by atoms with van der Waals surface area (Å²) in [5.41, 5.74) is 1.28. The zero-order chi connectivity index (χ0) is 19.4. The highest BCUT2D eigenvalue weighted by Crippen LogP contribution is 2.32. The third kappa shape index (κ3) is 7.03. The predicted molar refractivity (Wildman–Crippen MR) is 110 cm³/mol. The number of rotatable bonds is 12. The van der Waals surface area contributed by atoms with Crippen molar-refractivity contribution in [3.63, 3.8) is 0 Å². The van der Waals surface area contributed by atoms with E-state index in [4.69, 9.17) is 4.74 Å².